The van der Waals surface area contributed by atoms with Gasteiger partial charge in [0, 0.05) is 44.8 Å². The van der Waals surface area contributed by atoms with Crippen molar-refractivity contribution < 1.29 is 4.74 Å². The Morgan fingerprint density at radius 1 is 1.10 bits per heavy atom. The molecule has 2 rings (SSSR count). The van der Waals surface area contributed by atoms with E-state index in [1.165, 1.54) is 0 Å². The number of hydrogen-bond acceptors (Lipinski definition) is 4. The number of piperazine rings is 1. The molecule has 0 radical (unpaired) electrons. The summed E-state index contributed by atoms with van der Waals surface area (Å²) in [6, 6.07) is 10.0. The topological polar surface area (TPSA) is 41.7 Å². The van der Waals surface area contributed by atoms with Crippen molar-refractivity contribution in [3.63, 3.8) is 0 Å². The molecule has 0 unspecified atom stereocenters. The van der Waals surface area contributed by atoms with E-state index in [2.05, 4.69) is 23.6 Å². The summed E-state index contributed by atoms with van der Waals surface area (Å²) in [5.74, 6) is 0.965. The highest BCUT2D eigenvalue weighted by Gasteiger charge is 2.28. The molecule has 0 aromatic heterocycles. The van der Waals surface area contributed by atoms with Crippen molar-refractivity contribution in [2.45, 2.75) is 25.8 Å². The van der Waals surface area contributed by atoms with Gasteiger partial charge in [-0.15, -0.1) is 0 Å². The quantitative estimate of drug-likeness (QED) is 0.778. The van der Waals surface area contributed by atoms with Gasteiger partial charge in [-0.05, 0) is 32.4 Å². The van der Waals surface area contributed by atoms with Crippen molar-refractivity contribution in [3.05, 3.63) is 30.3 Å². The molecule has 4 heteroatoms. The molecule has 1 heterocycles. The fourth-order valence-corrected chi connectivity index (χ4v) is 2.70. The van der Waals surface area contributed by atoms with Crippen LogP contribution in [0.15, 0.2) is 30.3 Å². The second-order valence-electron chi connectivity index (χ2n) is 6.36. The van der Waals surface area contributed by atoms with Gasteiger partial charge >= 0.3 is 0 Å². The van der Waals surface area contributed by atoms with E-state index in [0.717, 1.165) is 58.0 Å². The van der Waals surface area contributed by atoms with Gasteiger partial charge in [-0.25, -0.2) is 0 Å². The summed E-state index contributed by atoms with van der Waals surface area (Å²) >= 11 is 0. The molecule has 1 aromatic rings. The first kappa shape index (κ1) is 16.3. The maximum Gasteiger partial charge on any atom is 0.119 e. The van der Waals surface area contributed by atoms with E-state index in [-0.39, 0.29) is 5.54 Å². The monoisotopic (exact) mass is 291 g/mol. The van der Waals surface area contributed by atoms with E-state index in [1.807, 2.05) is 30.3 Å². The highest BCUT2D eigenvalue weighted by Crippen LogP contribution is 2.15. The fourth-order valence-electron chi connectivity index (χ4n) is 2.70. The zero-order valence-corrected chi connectivity index (χ0v) is 13.4. The first-order valence-corrected chi connectivity index (χ1v) is 7.97. The summed E-state index contributed by atoms with van der Waals surface area (Å²) in [6.07, 6.45) is 1.08. The molecule has 0 atom stereocenters. The van der Waals surface area contributed by atoms with Crippen LogP contribution in [-0.2, 0) is 0 Å². The SMILES string of the molecule is CC(C)(CN)N1CCN(CCCOc2ccccc2)CC1. The van der Waals surface area contributed by atoms with Crippen molar-refractivity contribution in [1.29, 1.82) is 0 Å². The number of benzene rings is 1. The summed E-state index contributed by atoms with van der Waals surface area (Å²) in [5, 5.41) is 0. The Balaban J connectivity index is 1.61. The van der Waals surface area contributed by atoms with Crippen LogP contribution in [0, 0.1) is 0 Å². The Morgan fingerprint density at radius 3 is 2.38 bits per heavy atom. The molecule has 0 amide bonds. The normalized spacial score (nSPS) is 17.9. The molecule has 1 aliphatic heterocycles. The Morgan fingerprint density at radius 2 is 1.76 bits per heavy atom. The Bertz CT molecular complexity index is 400. The van der Waals surface area contributed by atoms with E-state index >= 15 is 0 Å². The summed E-state index contributed by atoms with van der Waals surface area (Å²) in [7, 11) is 0. The van der Waals surface area contributed by atoms with Crippen LogP contribution < -0.4 is 10.5 Å². The molecule has 0 aliphatic carbocycles. The largest absolute Gasteiger partial charge is 0.494 e. The third kappa shape index (κ3) is 4.99. The van der Waals surface area contributed by atoms with Gasteiger partial charge in [0.25, 0.3) is 0 Å². The summed E-state index contributed by atoms with van der Waals surface area (Å²) in [5.41, 5.74) is 5.98. The summed E-state index contributed by atoms with van der Waals surface area (Å²) in [6.45, 7) is 11.6. The number of nitrogens with two attached hydrogens (primary N) is 1. The first-order chi connectivity index (χ1) is 10.1. The van der Waals surface area contributed by atoms with Crippen LogP contribution in [0.2, 0.25) is 0 Å². The number of hydrogen-bond donors (Lipinski definition) is 1. The lowest BCUT2D eigenvalue weighted by atomic mass is 10.0. The van der Waals surface area contributed by atoms with Gasteiger partial charge in [0.15, 0.2) is 0 Å². The van der Waals surface area contributed by atoms with E-state index in [4.69, 9.17) is 10.5 Å². The maximum atomic E-state index is 5.85. The second-order valence-corrected chi connectivity index (χ2v) is 6.36. The molecule has 1 saturated heterocycles. The van der Waals surface area contributed by atoms with Gasteiger partial charge in [-0.2, -0.15) is 0 Å². The summed E-state index contributed by atoms with van der Waals surface area (Å²) < 4.78 is 5.74. The lowest BCUT2D eigenvalue weighted by Gasteiger charge is -2.43. The molecule has 0 spiro atoms. The minimum Gasteiger partial charge on any atom is -0.494 e. The third-order valence-electron chi connectivity index (χ3n) is 4.36. The van der Waals surface area contributed by atoms with Crippen molar-refractivity contribution in [1.82, 2.24) is 9.80 Å². The molecule has 1 fully saturated rings. The molecular weight excluding hydrogens is 262 g/mol. The van der Waals surface area contributed by atoms with Gasteiger partial charge in [-0.3, -0.25) is 4.90 Å². The van der Waals surface area contributed by atoms with Crippen LogP contribution in [0.4, 0.5) is 0 Å². The molecule has 0 saturated carbocycles. The predicted molar refractivity (Wildman–Crippen MR) is 87.7 cm³/mol. The zero-order chi connectivity index (χ0) is 15.1. The van der Waals surface area contributed by atoms with E-state index in [9.17, 15) is 0 Å². The lowest BCUT2D eigenvalue weighted by molar-refractivity contribution is 0.0548. The Kier molecular flexibility index (Phi) is 6.03. The molecule has 2 N–H and O–H groups in total. The molecular formula is C17H29N3O. The average Bonchev–Trinajstić information content (AvgIpc) is 2.53. The van der Waals surface area contributed by atoms with Crippen molar-refractivity contribution in [2.24, 2.45) is 5.73 Å². The van der Waals surface area contributed by atoms with Crippen molar-refractivity contribution in [3.8, 4) is 5.75 Å². The molecule has 1 aromatic carbocycles. The van der Waals surface area contributed by atoms with Crippen LogP contribution >= 0.6 is 0 Å². The van der Waals surface area contributed by atoms with Crippen LogP contribution in [-0.4, -0.2) is 61.2 Å². The molecule has 118 valence electrons. The van der Waals surface area contributed by atoms with Crippen LogP contribution in [0.5, 0.6) is 5.75 Å². The van der Waals surface area contributed by atoms with Gasteiger partial charge in [-0.1, -0.05) is 18.2 Å². The van der Waals surface area contributed by atoms with Gasteiger partial charge in [0.2, 0.25) is 0 Å². The van der Waals surface area contributed by atoms with Crippen molar-refractivity contribution >= 4 is 0 Å². The molecule has 0 bridgehead atoms. The standard InChI is InChI=1S/C17H29N3O/c1-17(2,15-18)20-12-10-19(11-13-20)9-6-14-21-16-7-4-3-5-8-16/h3-5,7-8H,6,9-15,18H2,1-2H3. The zero-order valence-electron chi connectivity index (χ0n) is 13.4. The molecule has 1 aliphatic rings. The van der Waals surface area contributed by atoms with Crippen LogP contribution in [0.3, 0.4) is 0 Å². The Hall–Kier alpha value is -1.10. The number of ether oxygens (including phenoxy) is 1. The van der Waals surface area contributed by atoms with E-state index in [1.54, 1.807) is 0 Å². The van der Waals surface area contributed by atoms with Crippen molar-refractivity contribution in [2.75, 3.05) is 45.9 Å². The van der Waals surface area contributed by atoms with Gasteiger partial charge in [0.05, 0.1) is 6.61 Å². The van der Waals surface area contributed by atoms with E-state index < -0.39 is 0 Å². The number of para-hydroxylation sites is 1. The van der Waals surface area contributed by atoms with Crippen LogP contribution in [0.25, 0.3) is 0 Å². The Labute approximate surface area is 128 Å². The maximum absolute atomic E-state index is 5.85. The smallest absolute Gasteiger partial charge is 0.119 e. The minimum atomic E-state index is 0.127. The number of nitrogens with zero attached hydrogens (tertiary/aromatic N) is 2. The average molecular weight is 291 g/mol. The van der Waals surface area contributed by atoms with Crippen LogP contribution in [0.1, 0.15) is 20.3 Å². The third-order valence-corrected chi connectivity index (χ3v) is 4.36. The van der Waals surface area contributed by atoms with E-state index in [0.29, 0.717) is 0 Å². The second kappa shape index (κ2) is 7.78. The van der Waals surface area contributed by atoms with Gasteiger partial charge in [0.1, 0.15) is 5.75 Å². The predicted octanol–water partition coefficient (Wildman–Crippen LogP) is 1.81. The molecule has 4 nitrogen and oxygen atoms in total. The highest BCUT2D eigenvalue weighted by molar-refractivity contribution is 5.20. The first-order valence-electron chi connectivity index (χ1n) is 7.97. The minimum absolute atomic E-state index is 0.127. The fraction of sp³-hybridized carbons (Fsp3) is 0.647. The lowest BCUT2D eigenvalue weighted by Crippen LogP contribution is -2.57. The number of rotatable bonds is 7. The highest BCUT2D eigenvalue weighted by atomic mass is 16.5. The summed E-state index contributed by atoms with van der Waals surface area (Å²) in [4.78, 5) is 5.03. The molecule has 21 heavy (non-hydrogen) atoms. The van der Waals surface area contributed by atoms with Gasteiger partial charge < -0.3 is 15.4 Å².